The number of rotatable bonds is 3. The largest absolute Gasteiger partial charge is 0.417 e. The Morgan fingerprint density at radius 3 is 2.48 bits per heavy atom. The Labute approximate surface area is 132 Å². The molecule has 0 fully saturated rings. The molecule has 9 heteroatoms. The lowest BCUT2D eigenvalue weighted by molar-refractivity contribution is -0.384. The predicted molar refractivity (Wildman–Crippen MR) is 77.5 cm³/mol. The molecule has 2 aromatic carbocycles. The van der Waals surface area contributed by atoms with Crippen LogP contribution in [0, 0.1) is 10.1 Å². The first-order valence-electron chi connectivity index (χ1n) is 6.11. The molecular weight excluding hydrogens is 337 g/mol. The van der Waals surface area contributed by atoms with Gasteiger partial charge in [-0.3, -0.25) is 14.9 Å². The van der Waals surface area contributed by atoms with Crippen LogP contribution in [-0.2, 0) is 6.18 Å². The Morgan fingerprint density at radius 2 is 1.87 bits per heavy atom. The molecule has 23 heavy (non-hydrogen) atoms. The number of hydrogen-bond acceptors (Lipinski definition) is 3. The van der Waals surface area contributed by atoms with Gasteiger partial charge in [0.2, 0.25) is 0 Å². The summed E-state index contributed by atoms with van der Waals surface area (Å²) in [5.74, 6) is -0.840. The lowest BCUT2D eigenvalue weighted by atomic mass is 10.1. The second kappa shape index (κ2) is 6.25. The van der Waals surface area contributed by atoms with E-state index in [9.17, 15) is 28.1 Å². The van der Waals surface area contributed by atoms with E-state index in [0.29, 0.717) is 6.07 Å². The summed E-state index contributed by atoms with van der Waals surface area (Å²) < 4.78 is 38.3. The van der Waals surface area contributed by atoms with E-state index in [0.717, 1.165) is 18.2 Å². The monoisotopic (exact) mass is 344 g/mol. The van der Waals surface area contributed by atoms with Crippen LogP contribution < -0.4 is 5.32 Å². The van der Waals surface area contributed by atoms with Gasteiger partial charge in [0, 0.05) is 23.4 Å². The zero-order chi connectivity index (χ0) is 17.2. The van der Waals surface area contributed by atoms with Crippen LogP contribution in [0.2, 0.25) is 5.02 Å². The highest BCUT2D eigenvalue weighted by Gasteiger charge is 2.33. The van der Waals surface area contributed by atoms with E-state index in [1.165, 1.54) is 18.2 Å². The Morgan fingerprint density at radius 1 is 1.17 bits per heavy atom. The number of hydrogen-bond donors (Lipinski definition) is 1. The molecule has 5 nitrogen and oxygen atoms in total. The second-order valence-electron chi connectivity index (χ2n) is 4.45. The molecule has 0 aromatic heterocycles. The van der Waals surface area contributed by atoms with Crippen LogP contribution in [0.15, 0.2) is 42.5 Å². The van der Waals surface area contributed by atoms with Crippen molar-refractivity contribution in [2.24, 2.45) is 0 Å². The van der Waals surface area contributed by atoms with Crippen LogP contribution in [0.25, 0.3) is 0 Å². The maximum absolute atomic E-state index is 12.8. The fraction of sp³-hybridized carbons (Fsp3) is 0.0714. The van der Waals surface area contributed by atoms with Crippen molar-refractivity contribution in [3.63, 3.8) is 0 Å². The smallest absolute Gasteiger partial charge is 0.322 e. The summed E-state index contributed by atoms with van der Waals surface area (Å²) in [4.78, 5) is 22.0. The molecule has 1 amide bonds. The number of alkyl halides is 3. The number of nitro groups is 1. The first-order valence-corrected chi connectivity index (χ1v) is 6.49. The van der Waals surface area contributed by atoms with Gasteiger partial charge in [-0.25, -0.2) is 0 Å². The van der Waals surface area contributed by atoms with Crippen LogP contribution in [0.3, 0.4) is 0 Å². The molecular formula is C14H8ClF3N2O3. The van der Waals surface area contributed by atoms with Gasteiger partial charge in [0.25, 0.3) is 11.6 Å². The second-order valence-corrected chi connectivity index (χ2v) is 4.86. The van der Waals surface area contributed by atoms with E-state index in [4.69, 9.17) is 11.6 Å². The summed E-state index contributed by atoms with van der Waals surface area (Å²) >= 11 is 5.47. The molecule has 2 aromatic rings. The molecule has 2 rings (SSSR count). The molecule has 0 radical (unpaired) electrons. The summed E-state index contributed by atoms with van der Waals surface area (Å²) in [6, 6.07) is 7.76. The van der Waals surface area contributed by atoms with Gasteiger partial charge < -0.3 is 5.32 Å². The average Bonchev–Trinajstić information content (AvgIpc) is 2.46. The maximum atomic E-state index is 12.8. The van der Waals surface area contributed by atoms with Gasteiger partial charge in [-0.2, -0.15) is 13.2 Å². The third-order valence-electron chi connectivity index (χ3n) is 2.85. The summed E-state index contributed by atoms with van der Waals surface area (Å²) in [5.41, 5.74) is -1.57. The molecule has 0 unspecified atom stereocenters. The number of halogens is 4. The van der Waals surface area contributed by atoms with Gasteiger partial charge in [-0.15, -0.1) is 0 Å². The van der Waals surface area contributed by atoms with Gasteiger partial charge in [0.1, 0.15) is 0 Å². The number of amides is 1. The molecule has 0 spiro atoms. The third kappa shape index (κ3) is 3.98. The maximum Gasteiger partial charge on any atom is 0.417 e. The molecule has 0 bridgehead atoms. The fourth-order valence-electron chi connectivity index (χ4n) is 1.78. The number of nitrogens with one attached hydrogen (secondary N) is 1. The van der Waals surface area contributed by atoms with Crippen LogP contribution in [-0.4, -0.2) is 10.8 Å². The van der Waals surface area contributed by atoms with Gasteiger partial charge in [-0.05, 0) is 24.3 Å². The van der Waals surface area contributed by atoms with Gasteiger partial charge in [-0.1, -0.05) is 17.7 Å². The van der Waals surface area contributed by atoms with E-state index in [1.54, 1.807) is 0 Å². The number of nitrogens with zero attached hydrogens (tertiary/aromatic N) is 1. The van der Waals surface area contributed by atoms with E-state index < -0.39 is 27.6 Å². The van der Waals surface area contributed by atoms with Crippen molar-refractivity contribution < 1.29 is 22.9 Å². The van der Waals surface area contributed by atoms with Crippen molar-refractivity contribution in [3.8, 4) is 0 Å². The normalized spacial score (nSPS) is 11.1. The van der Waals surface area contributed by atoms with Gasteiger partial charge >= 0.3 is 6.18 Å². The highest BCUT2D eigenvalue weighted by Crippen LogP contribution is 2.35. The zero-order valence-corrected chi connectivity index (χ0v) is 12.0. The molecule has 120 valence electrons. The van der Waals surface area contributed by atoms with Crippen molar-refractivity contribution in [1.29, 1.82) is 0 Å². The third-order valence-corrected chi connectivity index (χ3v) is 3.18. The molecule has 0 atom stereocenters. The minimum absolute atomic E-state index is 0.0905. The topological polar surface area (TPSA) is 72.2 Å². The molecule has 0 aliphatic rings. The van der Waals surface area contributed by atoms with Gasteiger partial charge in [0.15, 0.2) is 0 Å². The van der Waals surface area contributed by atoms with Crippen LogP contribution in [0.5, 0.6) is 0 Å². The van der Waals surface area contributed by atoms with Crippen LogP contribution >= 0.6 is 11.6 Å². The zero-order valence-electron chi connectivity index (χ0n) is 11.2. The molecule has 0 heterocycles. The van der Waals surface area contributed by atoms with E-state index in [2.05, 4.69) is 5.32 Å². The van der Waals surface area contributed by atoms with Crippen molar-refractivity contribution in [3.05, 3.63) is 68.7 Å². The number of benzene rings is 2. The van der Waals surface area contributed by atoms with E-state index in [-0.39, 0.29) is 16.9 Å². The highest BCUT2D eigenvalue weighted by atomic mass is 35.5. The van der Waals surface area contributed by atoms with Crippen molar-refractivity contribution in [2.75, 3.05) is 5.32 Å². The summed E-state index contributed by atoms with van der Waals surface area (Å²) in [6.45, 7) is 0. The lowest BCUT2D eigenvalue weighted by Crippen LogP contribution is -2.14. The number of non-ortho nitro benzene ring substituents is 1. The molecule has 0 aliphatic heterocycles. The quantitative estimate of drug-likeness (QED) is 0.657. The molecule has 0 saturated heterocycles. The minimum Gasteiger partial charge on any atom is -0.322 e. The molecule has 0 saturated carbocycles. The SMILES string of the molecule is O=C(Nc1cccc([N+](=O)[O-])c1)c1ccc(Cl)c(C(F)(F)F)c1. The van der Waals surface area contributed by atoms with Crippen molar-refractivity contribution >= 4 is 28.9 Å². The Bertz CT molecular complexity index is 778. The highest BCUT2D eigenvalue weighted by molar-refractivity contribution is 6.31. The Balaban J connectivity index is 2.28. The molecule has 0 aliphatic carbocycles. The first-order chi connectivity index (χ1) is 10.7. The Kier molecular flexibility index (Phi) is 4.55. The standard InChI is InChI=1S/C14H8ClF3N2O3/c15-12-5-4-8(6-11(12)14(16,17)18)13(21)19-9-2-1-3-10(7-9)20(22)23/h1-7H,(H,19,21). The minimum atomic E-state index is -4.70. The lowest BCUT2D eigenvalue weighted by Gasteiger charge is -2.11. The fourth-order valence-corrected chi connectivity index (χ4v) is 2.01. The van der Waals surface area contributed by atoms with Gasteiger partial charge in [0.05, 0.1) is 15.5 Å². The van der Waals surface area contributed by atoms with E-state index in [1.807, 2.05) is 0 Å². The number of carbonyl (C=O) groups is 1. The Hall–Kier alpha value is -2.61. The summed E-state index contributed by atoms with van der Waals surface area (Å²) in [7, 11) is 0. The summed E-state index contributed by atoms with van der Waals surface area (Å²) in [5, 5.41) is 12.4. The van der Waals surface area contributed by atoms with Crippen molar-refractivity contribution in [1.82, 2.24) is 0 Å². The summed E-state index contributed by atoms with van der Waals surface area (Å²) in [6.07, 6.45) is -4.70. The van der Waals surface area contributed by atoms with E-state index >= 15 is 0 Å². The van der Waals surface area contributed by atoms with Crippen molar-refractivity contribution in [2.45, 2.75) is 6.18 Å². The number of nitro benzene ring substituents is 1. The number of anilines is 1. The van der Waals surface area contributed by atoms with Crippen LogP contribution in [0.1, 0.15) is 15.9 Å². The molecule has 1 N–H and O–H groups in total. The average molecular weight is 345 g/mol. The first kappa shape index (κ1) is 16.8. The van der Waals surface area contributed by atoms with Crippen LogP contribution in [0.4, 0.5) is 24.5 Å². The predicted octanol–water partition coefficient (Wildman–Crippen LogP) is 4.52. The number of carbonyl (C=O) groups excluding carboxylic acids is 1.